The fourth-order valence-electron chi connectivity index (χ4n) is 3.08. The number of carbonyl (C=O) groups is 1. The average molecular weight is 455 g/mol. The fourth-order valence-corrected chi connectivity index (χ4v) is 3.30. The third-order valence-corrected chi connectivity index (χ3v) is 5.23. The zero-order valence-electron chi connectivity index (χ0n) is 17.4. The number of aryl methyl sites for hydroxylation is 2. The van der Waals surface area contributed by atoms with Gasteiger partial charge in [0.05, 0.1) is 24.0 Å². The van der Waals surface area contributed by atoms with Gasteiger partial charge in [-0.1, -0.05) is 40.5 Å². The third kappa shape index (κ3) is 4.81. The summed E-state index contributed by atoms with van der Waals surface area (Å²) in [7, 11) is 0. The summed E-state index contributed by atoms with van der Waals surface area (Å²) in [5.74, 6) is 0.283. The number of anilines is 1. The van der Waals surface area contributed by atoms with Crippen molar-refractivity contribution in [3.63, 3.8) is 0 Å². The number of benzene rings is 2. The largest absolute Gasteiger partial charge is 0.489 e. The predicted molar refractivity (Wildman–Crippen MR) is 117 cm³/mol. The Morgan fingerprint density at radius 2 is 1.97 bits per heavy atom. The maximum atomic E-state index is 14.0. The molecule has 9 heteroatoms. The molecule has 7 nitrogen and oxygen atoms in total. The van der Waals surface area contributed by atoms with Gasteiger partial charge in [0.2, 0.25) is 0 Å². The summed E-state index contributed by atoms with van der Waals surface area (Å²) in [6.07, 6.45) is 3.04. The van der Waals surface area contributed by atoms with Gasteiger partial charge in [0.25, 0.3) is 5.91 Å². The van der Waals surface area contributed by atoms with E-state index in [1.165, 1.54) is 23.0 Å². The van der Waals surface area contributed by atoms with Crippen molar-refractivity contribution < 1.29 is 18.4 Å². The molecule has 2 aromatic heterocycles. The second-order valence-corrected chi connectivity index (χ2v) is 7.66. The SMILES string of the molecule is Cc1ccc(OCc2c(C(=O)Nc3cnn(Cc4c(F)cccc4Cl)c3)noc2C)cc1. The first-order valence-electron chi connectivity index (χ1n) is 9.82. The molecule has 0 saturated carbocycles. The highest BCUT2D eigenvalue weighted by Gasteiger charge is 2.21. The molecule has 32 heavy (non-hydrogen) atoms. The Morgan fingerprint density at radius 1 is 1.19 bits per heavy atom. The molecule has 164 valence electrons. The minimum Gasteiger partial charge on any atom is -0.489 e. The third-order valence-electron chi connectivity index (χ3n) is 4.88. The summed E-state index contributed by atoms with van der Waals surface area (Å²) in [4.78, 5) is 12.8. The van der Waals surface area contributed by atoms with Gasteiger partial charge in [-0.2, -0.15) is 5.10 Å². The van der Waals surface area contributed by atoms with Gasteiger partial charge in [0.15, 0.2) is 5.69 Å². The van der Waals surface area contributed by atoms with Crippen LogP contribution in [-0.2, 0) is 13.2 Å². The standard InChI is InChI=1S/C23H20ClFN4O3/c1-14-6-8-17(9-7-14)31-13-19-15(2)32-28-22(19)23(30)27-16-10-26-29(11-16)12-18-20(24)4-3-5-21(18)25/h3-11H,12-13H2,1-2H3,(H,27,30). The monoisotopic (exact) mass is 454 g/mol. The molecule has 1 amide bonds. The maximum absolute atomic E-state index is 14.0. The summed E-state index contributed by atoms with van der Waals surface area (Å²) < 4.78 is 26.5. The van der Waals surface area contributed by atoms with Crippen molar-refractivity contribution >= 4 is 23.2 Å². The van der Waals surface area contributed by atoms with Crippen LogP contribution in [0, 0.1) is 19.7 Å². The molecule has 4 aromatic rings. The van der Waals surface area contributed by atoms with E-state index in [0.717, 1.165) is 5.56 Å². The van der Waals surface area contributed by atoms with Crippen LogP contribution < -0.4 is 10.1 Å². The van der Waals surface area contributed by atoms with E-state index in [1.54, 1.807) is 19.2 Å². The molecule has 1 N–H and O–H groups in total. The number of carbonyl (C=O) groups excluding carboxylic acids is 1. The highest BCUT2D eigenvalue weighted by atomic mass is 35.5. The second kappa shape index (κ2) is 9.23. The van der Waals surface area contributed by atoms with Crippen LogP contribution in [-0.4, -0.2) is 20.8 Å². The lowest BCUT2D eigenvalue weighted by Crippen LogP contribution is -2.15. The highest BCUT2D eigenvalue weighted by Crippen LogP contribution is 2.22. The fraction of sp³-hybridized carbons (Fsp3) is 0.174. The number of halogens is 2. The molecule has 0 unspecified atom stereocenters. The van der Waals surface area contributed by atoms with E-state index in [1.807, 2.05) is 31.2 Å². The van der Waals surface area contributed by atoms with Crippen LogP contribution in [0.3, 0.4) is 0 Å². The van der Waals surface area contributed by atoms with Gasteiger partial charge in [0, 0.05) is 16.8 Å². The summed E-state index contributed by atoms with van der Waals surface area (Å²) in [5, 5.41) is 11.1. The van der Waals surface area contributed by atoms with Crippen molar-refractivity contribution in [2.45, 2.75) is 27.0 Å². The number of hydrogen-bond acceptors (Lipinski definition) is 5. The molecule has 0 aliphatic carbocycles. The Bertz CT molecular complexity index is 1230. The summed E-state index contributed by atoms with van der Waals surface area (Å²) in [6.45, 7) is 3.96. The first kappa shape index (κ1) is 21.6. The number of nitrogens with one attached hydrogen (secondary N) is 1. The molecule has 2 aromatic carbocycles. The lowest BCUT2D eigenvalue weighted by Gasteiger charge is -2.07. The summed E-state index contributed by atoms with van der Waals surface area (Å²) >= 11 is 6.07. The summed E-state index contributed by atoms with van der Waals surface area (Å²) in [5.41, 5.74) is 2.54. The molecule has 0 atom stereocenters. The zero-order chi connectivity index (χ0) is 22.7. The van der Waals surface area contributed by atoms with E-state index in [9.17, 15) is 9.18 Å². The van der Waals surface area contributed by atoms with Gasteiger partial charge in [-0.05, 0) is 38.1 Å². The molecular weight excluding hydrogens is 435 g/mol. The van der Waals surface area contributed by atoms with Crippen molar-refractivity contribution in [1.82, 2.24) is 14.9 Å². The van der Waals surface area contributed by atoms with Crippen LogP contribution in [0.2, 0.25) is 5.02 Å². The highest BCUT2D eigenvalue weighted by molar-refractivity contribution is 6.31. The minimum atomic E-state index is -0.465. The molecule has 2 heterocycles. The van der Waals surface area contributed by atoms with E-state index >= 15 is 0 Å². The Labute approximate surface area is 188 Å². The molecule has 0 bridgehead atoms. The lowest BCUT2D eigenvalue weighted by molar-refractivity contribution is 0.101. The number of rotatable bonds is 7. The average Bonchev–Trinajstić information content (AvgIpc) is 3.36. The van der Waals surface area contributed by atoms with E-state index in [4.69, 9.17) is 20.9 Å². The van der Waals surface area contributed by atoms with Gasteiger partial charge >= 0.3 is 0 Å². The van der Waals surface area contributed by atoms with E-state index < -0.39 is 11.7 Å². The first-order chi connectivity index (χ1) is 15.4. The Balaban J connectivity index is 1.44. The van der Waals surface area contributed by atoms with E-state index in [0.29, 0.717) is 33.3 Å². The topological polar surface area (TPSA) is 82.2 Å². The Hall–Kier alpha value is -3.65. The lowest BCUT2D eigenvalue weighted by atomic mass is 10.2. The molecule has 0 aliphatic rings. The van der Waals surface area contributed by atoms with Crippen molar-refractivity contribution in [3.05, 3.63) is 93.8 Å². The van der Waals surface area contributed by atoms with Gasteiger partial charge in [-0.25, -0.2) is 4.39 Å². The van der Waals surface area contributed by atoms with Gasteiger partial charge in [0.1, 0.15) is 23.9 Å². The van der Waals surface area contributed by atoms with Crippen LogP contribution in [0.4, 0.5) is 10.1 Å². The number of hydrogen-bond donors (Lipinski definition) is 1. The number of amides is 1. The normalized spacial score (nSPS) is 10.9. The number of aromatic nitrogens is 3. The Morgan fingerprint density at radius 3 is 2.72 bits per heavy atom. The van der Waals surface area contributed by atoms with Crippen molar-refractivity contribution in [3.8, 4) is 5.75 Å². The smallest absolute Gasteiger partial charge is 0.278 e. The predicted octanol–water partition coefficient (Wildman–Crippen LogP) is 5.16. The van der Waals surface area contributed by atoms with Crippen LogP contribution in [0.1, 0.15) is 32.9 Å². The van der Waals surface area contributed by atoms with Crippen LogP contribution in [0.15, 0.2) is 59.4 Å². The van der Waals surface area contributed by atoms with E-state index in [2.05, 4.69) is 15.6 Å². The van der Waals surface area contributed by atoms with Crippen LogP contribution in [0.25, 0.3) is 0 Å². The van der Waals surface area contributed by atoms with Crippen LogP contribution in [0.5, 0.6) is 5.75 Å². The minimum absolute atomic E-state index is 0.125. The van der Waals surface area contributed by atoms with Gasteiger partial charge in [-0.3, -0.25) is 9.48 Å². The molecular formula is C23H20ClFN4O3. The van der Waals surface area contributed by atoms with Crippen molar-refractivity contribution in [1.29, 1.82) is 0 Å². The number of ether oxygens (including phenoxy) is 1. The zero-order valence-corrected chi connectivity index (χ0v) is 18.2. The molecule has 4 rings (SSSR count). The number of nitrogens with zero attached hydrogens (tertiary/aromatic N) is 3. The molecule has 0 fully saturated rings. The van der Waals surface area contributed by atoms with Crippen molar-refractivity contribution in [2.24, 2.45) is 0 Å². The van der Waals surface area contributed by atoms with E-state index in [-0.39, 0.29) is 18.8 Å². The van der Waals surface area contributed by atoms with Crippen LogP contribution >= 0.6 is 11.6 Å². The first-order valence-corrected chi connectivity index (χ1v) is 10.2. The summed E-state index contributed by atoms with van der Waals surface area (Å²) in [6, 6.07) is 12.1. The molecule has 0 radical (unpaired) electrons. The Kier molecular flexibility index (Phi) is 6.23. The quantitative estimate of drug-likeness (QED) is 0.417. The maximum Gasteiger partial charge on any atom is 0.278 e. The molecule has 0 spiro atoms. The second-order valence-electron chi connectivity index (χ2n) is 7.25. The van der Waals surface area contributed by atoms with Crippen molar-refractivity contribution in [2.75, 3.05) is 5.32 Å². The molecule has 0 aliphatic heterocycles. The van der Waals surface area contributed by atoms with Gasteiger partial charge < -0.3 is 14.6 Å². The van der Waals surface area contributed by atoms with Gasteiger partial charge in [-0.15, -0.1) is 0 Å². The molecule has 0 saturated heterocycles.